The fourth-order valence-electron chi connectivity index (χ4n) is 1.32. The summed E-state index contributed by atoms with van der Waals surface area (Å²) >= 11 is 5.73. The van der Waals surface area contributed by atoms with E-state index in [1.54, 1.807) is 6.07 Å². The third-order valence-corrected chi connectivity index (χ3v) is 2.30. The number of carbonyl (C=O) groups is 2. The molecule has 104 valence electrons. The molecule has 0 spiro atoms. The molecule has 2 amide bonds. The van der Waals surface area contributed by atoms with Gasteiger partial charge in [0, 0.05) is 10.7 Å². The van der Waals surface area contributed by atoms with Crippen molar-refractivity contribution in [3.05, 3.63) is 29.3 Å². The lowest BCUT2D eigenvalue weighted by molar-refractivity contribution is -0.135. The number of carboxylic acid groups (broad SMARTS) is 1. The Morgan fingerprint density at radius 1 is 1.42 bits per heavy atom. The highest BCUT2D eigenvalue weighted by Crippen LogP contribution is 2.19. The molecular formula is C11H11ClF2N2O3. The van der Waals surface area contributed by atoms with Gasteiger partial charge in [0.25, 0.3) is 6.43 Å². The Morgan fingerprint density at radius 3 is 2.63 bits per heavy atom. The number of aliphatic carboxylic acids is 1. The van der Waals surface area contributed by atoms with Crippen molar-refractivity contribution in [3.8, 4) is 0 Å². The highest BCUT2D eigenvalue weighted by Gasteiger charge is 2.19. The quantitative estimate of drug-likeness (QED) is 0.874. The number of hydrogen-bond acceptors (Lipinski definition) is 2. The standard InChI is InChI=1S/C11H11ClF2N2O3/c12-7-2-1-3-8(4-7)16(6-10(17)18)11(19)15-5-9(13)14/h1-4,9H,5-6H2,(H,15,19)(H,17,18). The van der Waals surface area contributed by atoms with Crippen LogP contribution in [-0.4, -0.2) is 36.6 Å². The first-order valence-electron chi connectivity index (χ1n) is 5.21. The average Bonchev–Trinajstić information content (AvgIpc) is 2.32. The van der Waals surface area contributed by atoms with Crippen molar-refractivity contribution in [1.29, 1.82) is 0 Å². The van der Waals surface area contributed by atoms with Gasteiger partial charge in [0.1, 0.15) is 6.54 Å². The van der Waals surface area contributed by atoms with E-state index in [1.165, 1.54) is 18.2 Å². The van der Waals surface area contributed by atoms with Crippen molar-refractivity contribution >= 4 is 29.3 Å². The summed E-state index contributed by atoms with van der Waals surface area (Å²) < 4.78 is 24.0. The summed E-state index contributed by atoms with van der Waals surface area (Å²) in [6, 6.07) is 4.96. The van der Waals surface area contributed by atoms with Crippen molar-refractivity contribution in [2.24, 2.45) is 0 Å². The molecule has 2 N–H and O–H groups in total. The first kappa shape index (κ1) is 15.2. The summed E-state index contributed by atoms with van der Waals surface area (Å²) in [7, 11) is 0. The van der Waals surface area contributed by atoms with Gasteiger partial charge in [-0.3, -0.25) is 9.69 Å². The number of alkyl halides is 2. The molecule has 0 aliphatic rings. The van der Waals surface area contributed by atoms with Gasteiger partial charge in [0.2, 0.25) is 0 Å². The molecule has 1 rings (SSSR count). The van der Waals surface area contributed by atoms with E-state index in [-0.39, 0.29) is 5.69 Å². The van der Waals surface area contributed by atoms with Crippen molar-refractivity contribution < 1.29 is 23.5 Å². The number of halogens is 3. The van der Waals surface area contributed by atoms with Gasteiger partial charge in [-0.05, 0) is 18.2 Å². The molecule has 1 aromatic rings. The summed E-state index contributed by atoms with van der Waals surface area (Å²) in [5.74, 6) is -1.27. The van der Waals surface area contributed by atoms with Gasteiger partial charge in [-0.15, -0.1) is 0 Å². The molecule has 0 aliphatic heterocycles. The maximum atomic E-state index is 12.0. The van der Waals surface area contributed by atoms with Gasteiger partial charge in [0.05, 0.1) is 6.54 Å². The lowest BCUT2D eigenvalue weighted by Gasteiger charge is -2.21. The van der Waals surface area contributed by atoms with Gasteiger partial charge < -0.3 is 10.4 Å². The second-order valence-corrected chi connectivity index (χ2v) is 3.97. The fraction of sp³-hybridized carbons (Fsp3) is 0.273. The topological polar surface area (TPSA) is 69.6 Å². The average molecular weight is 293 g/mol. The van der Waals surface area contributed by atoms with E-state index in [0.717, 1.165) is 4.90 Å². The molecule has 0 saturated carbocycles. The Balaban J connectivity index is 2.88. The van der Waals surface area contributed by atoms with Crippen LogP contribution in [0.1, 0.15) is 0 Å². The molecule has 0 aromatic heterocycles. The van der Waals surface area contributed by atoms with Gasteiger partial charge in [-0.2, -0.15) is 0 Å². The third kappa shape index (κ3) is 5.09. The smallest absolute Gasteiger partial charge is 0.323 e. The van der Waals surface area contributed by atoms with Crippen LogP contribution in [0.25, 0.3) is 0 Å². The maximum absolute atomic E-state index is 12.0. The number of anilines is 1. The van der Waals surface area contributed by atoms with Crippen LogP contribution in [0.2, 0.25) is 5.02 Å². The van der Waals surface area contributed by atoms with E-state index in [1.807, 2.05) is 5.32 Å². The molecule has 0 saturated heterocycles. The predicted molar refractivity (Wildman–Crippen MR) is 65.8 cm³/mol. The van der Waals surface area contributed by atoms with Crippen LogP contribution < -0.4 is 10.2 Å². The Morgan fingerprint density at radius 2 is 2.11 bits per heavy atom. The second-order valence-electron chi connectivity index (χ2n) is 3.54. The zero-order valence-corrected chi connectivity index (χ0v) is 10.4. The van der Waals surface area contributed by atoms with E-state index < -0.39 is 31.5 Å². The van der Waals surface area contributed by atoms with Crippen molar-refractivity contribution in [2.45, 2.75) is 6.43 Å². The number of hydrogen-bond donors (Lipinski definition) is 2. The van der Waals surface area contributed by atoms with Crippen molar-refractivity contribution in [1.82, 2.24) is 5.32 Å². The second kappa shape index (κ2) is 6.89. The number of urea groups is 1. The molecular weight excluding hydrogens is 282 g/mol. The van der Waals surface area contributed by atoms with Crippen LogP contribution >= 0.6 is 11.6 Å². The first-order chi connectivity index (χ1) is 8.90. The Kier molecular flexibility index (Phi) is 5.50. The van der Waals surface area contributed by atoms with Crippen LogP contribution in [0, 0.1) is 0 Å². The largest absolute Gasteiger partial charge is 0.480 e. The van der Waals surface area contributed by atoms with E-state index >= 15 is 0 Å². The van der Waals surface area contributed by atoms with E-state index in [4.69, 9.17) is 16.7 Å². The van der Waals surface area contributed by atoms with Gasteiger partial charge >= 0.3 is 12.0 Å². The molecule has 0 bridgehead atoms. The molecule has 0 radical (unpaired) electrons. The van der Waals surface area contributed by atoms with Gasteiger partial charge in [-0.1, -0.05) is 17.7 Å². The molecule has 19 heavy (non-hydrogen) atoms. The van der Waals surface area contributed by atoms with Crippen LogP contribution in [0.3, 0.4) is 0 Å². The highest BCUT2D eigenvalue weighted by molar-refractivity contribution is 6.30. The van der Waals surface area contributed by atoms with Crippen molar-refractivity contribution in [2.75, 3.05) is 18.0 Å². The first-order valence-corrected chi connectivity index (χ1v) is 5.59. The lowest BCUT2D eigenvalue weighted by atomic mass is 10.3. The molecule has 5 nitrogen and oxygen atoms in total. The van der Waals surface area contributed by atoms with Crippen molar-refractivity contribution in [3.63, 3.8) is 0 Å². The predicted octanol–water partition coefficient (Wildman–Crippen LogP) is 2.21. The van der Waals surface area contributed by atoms with Crippen LogP contribution in [0.15, 0.2) is 24.3 Å². The molecule has 0 atom stereocenters. The molecule has 0 heterocycles. The molecule has 0 fully saturated rings. The van der Waals surface area contributed by atoms with E-state index in [0.29, 0.717) is 5.02 Å². The minimum Gasteiger partial charge on any atom is -0.480 e. The number of nitrogens with one attached hydrogen (secondary N) is 1. The van der Waals surface area contributed by atoms with E-state index in [9.17, 15) is 18.4 Å². The monoisotopic (exact) mass is 292 g/mol. The Labute approximate surface area is 112 Å². The third-order valence-electron chi connectivity index (χ3n) is 2.07. The van der Waals surface area contributed by atoms with Gasteiger partial charge in [0.15, 0.2) is 0 Å². The van der Waals surface area contributed by atoms with Crippen LogP contribution in [0.5, 0.6) is 0 Å². The SMILES string of the molecule is O=C(O)CN(C(=O)NCC(F)F)c1cccc(Cl)c1. The fourth-order valence-corrected chi connectivity index (χ4v) is 1.50. The normalized spacial score (nSPS) is 10.3. The van der Waals surface area contributed by atoms with Crippen LogP contribution in [-0.2, 0) is 4.79 Å². The minimum atomic E-state index is -2.71. The summed E-state index contributed by atoms with van der Waals surface area (Å²) in [5, 5.41) is 11.0. The van der Waals surface area contributed by atoms with Gasteiger partial charge in [-0.25, -0.2) is 13.6 Å². The minimum absolute atomic E-state index is 0.210. The zero-order chi connectivity index (χ0) is 14.4. The number of benzene rings is 1. The number of nitrogens with zero attached hydrogens (tertiary/aromatic N) is 1. The lowest BCUT2D eigenvalue weighted by Crippen LogP contribution is -2.44. The van der Waals surface area contributed by atoms with E-state index in [2.05, 4.69) is 0 Å². The number of rotatable bonds is 5. The number of amides is 2. The summed E-state index contributed by atoms with van der Waals surface area (Å²) in [4.78, 5) is 23.2. The summed E-state index contributed by atoms with van der Waals surface area (Å²) in [6.07, 6.45) is -2.71. The maximum Gasteiger partial charge on any atom is 0.323 e. The Hall–Kier alpha value is -1.89. The molecule has 0 aliphatic carbocycles. The molecule has 1 aromatic carbocycles. The molecule has 0 unspecified atom stereocenters. The summed E-state index contributed by atoms with van der Waals surface area (Å²) in [5.41, 5.74) is 0.210. The van der Waals surface area contributed by atoms with Crippen LogP contribution in [0.4, 0.5) is 19.3 Å². The summed E-state index contributed by atoms with van der Waals surface area (Å²) in [6.45, 7) is -1.51. The molecule has 8 heteroatoms. The number of carbonyl (C=O) groups excluding carboxylic acids is 1. The number of carboxylic acids is 1. The highest BCUT2D eigenvalue weighted by atomic mass is 35.5. The zero-order valence-electron chi connectivity index (χ0n) is 9.65. The Bertz CT molecular complexity index is 471.